The van der Waals surface area contributed by atoms with Crippen molar-refractivity contribution < 1.29 is 18.3 Å². The van der Waals surface area contributed by atoms with Crippen LogP contribution in [-0.2, 0) is 14.8 Å². The first kappa shape index (κ1) is 13.7. The lowest BCUT2D eigenvalue weighted by molar-refractivity contribution is -0.137. The third-order valence-electron chi connectivity index (χ3n) is 1.89. The van der Waals surface area contributed by atoms with Gasteiger partial charge in [0.05, 0.1) is 5.02 Å². The Morgan fingerprint density at radius 1 is 1.65 bits per heavy atom. The number of sulfonamides is 1. The summed E-state index contributed by atoms with van der Waals surface area (Å²) in [6, 6.07) is 1.12. The molecule has 9 heteroatoms. The Labute approximate surface area is 103 Å². The zero-order valence-corrected chi connectivity index (χ0v) is 10.4. The molecule has 0 aliphatic carbocycles. The van der Waals surface area contributed by atoms with Gasteiger partial charge in [-0.2, -0.15) is 4.31 Å². The van der Waals surface area contributed by atoms with E-state index >= 15 is 0 Å². The zero-order valence-electron chi connectivity index (χ0n) is 8.79. The van der Waals surface area contributed by atoms with Gasteiger partial charge in [-0.15, -0.1) is 0 Å². The van der Waals surface area contributed by atoms with Crippen molar-refractivity contribution >= 4 is 33.4 Å². The first-order valence-electron chi connectivity index (χ1n) is 4.34. The number of aromatic nitrogens is 1. The van der Waals surface area contributed by atoms with Gasteiger partial charge in [0.1, 0.15) is 17.3 Å². The molecule has 3 N–H and O–H groups in total. The highest BCUT2D eigenvalue weighted by Crippen LogP contribution is 2.22. The van der Waals surface area contributed by atoms with E-state index in [0.717, 1.165) is 13.1 Å². The zero-order chi connectivity index (χ0) is 13.2. The van der Waals surface area contributed by atoms with Crippen molar-refractivity contribution in [2.24, 2.45) is 0 Å². The van der Waals surface area contributed by atoms with Crippen LogP contribution in [0.1, 0.15) is 0 Å². The molecular formula is C8H10ClN3O4S. The minimum Gasteiger partial charge on any atom is -0.480 e. The van der Waals surface area contributed by atoms with Gasteiger partial charge in [-0.05, 0) is 6.07 Å². The van der Waals surface area contributed by atoms with Gasteiger partial charge in [0, 0.05) is 13.2 Å². The van der Waals surface area contributed by atoms with E-state index in [1.807, 2.05) is 0 Å². The third-order valence-corrected chi connectivity index (χ3v) is 3.93. The molecule has 17 heavy (non-hydrogen) atoms. The van der Waals surface area contributed by atoms with Crippen molar-refractivity contribution in [2.75, 3.05) is 19.3 Å². The van der Waals surface area contributed by atoms with Crippen molar-refractivity contribution in [1.82, 2.24) is 9.29 Å². The van der Waals surface area contributed by atoms with E-state index in [0.29, 0.717) is 4.31 Å². The molecule has 1 rings (SSSR count). The lowest BCUT2D eigenvalue weighted by atomic mass is 10.5. The smallest absolute Gasteiger partial charge is 0.318 e. The SMILES string of the molecule is CN(CC(=O)O)S(=O)(=O)c1cc(Cl)cnc1N. The molecule has 0 fully saturated rings. The predicted octanol–water partition coefficient (Wildman–Crippen LogP) is 0.0223. The number of nitrogen functional groups attached to an aromatic ring is 1. The van der Waals surface area contributed by atoms with Crippen molar-refractivity contribution in [2.45, 2.75) is 4.90 Å². The van der Waals surface area contributed by atoms with Gasteiger partial charge in [0.25, 0.3) is 0 Å². The first-order chi connectivity index (χ1) is 7.75. The van der Waals surface area contributed by atoms with E-state index in [4.69, 9.17) is 22.4 Å². The summed E-state index contributed by atoms with van der Waals surface area (Å²) in [5.74, 6) is -1.50. The number of carboxylic acids is 1. The van der Waals surface area contributed by atoms with Crippen molar-refractivity contribution in [3.05, 3.63) is 17.3 Å². The number of aliphatic carboxylic acids is 1. The number of nitrogens with zero attached hydrogens (tertiary/aromatic N) is 2. The summed E-state index contributed by atoms with van der Waals surface area (Å²) in [6.07, 6.45) is 1.20. The second kappa shape index (κ2) is 4.86. The van der Waals surface area contributed by atoms with E-state index in [2.05, 4.69) is 4.98 Å². The molecule has 0 aliphatic heterocycles. The minimum atomic E-state index is -4.01. The Morgan fingerprint density at radius 2 is 2.24 bits per heavy atom. The average Bonchev–Trinajstić information content (AvgIpc) is 2.20. The van der Waals surface area contributed by atoms with Crippen LogP contribution in [0.2, 0.25) is 5.02 Å². The fourth-order valence-corrected chi connectivity index (χ4v) is 2.51. The highest BCUT2D eigenvalue weighted by atomic mass is 35.5. The molecule has 1 aromatic rings. The Balaban J connectivity index is 3.21. The van der Waals surface area contributed by atoms with Gasteiger partial charge in [0.15, 0.2) is 0 Å². The minimum absolute atomic E-state index is 0.0986. The molecule has 0 amide bonds. The fraction of sp³-hybridized carbons (Fsp3) is 0.250. The van der Waals surface area contributed by atoms with Crippen LogP contribution in [0.5, 0.6) is 0 Å². The summed E-state index contributed by atoms with van der Waals surface area (Å²) in [4.78, 5) is 13.7. The Bertz CT molecular complexity index is 546. The number of carboxylic acid groups (broad SMARTS) is 1. The number of pyridine rings is 1. The molecular weight excluding hydrogens is 270 g/mol. The maximum atomic E-state index is 11.9. The Morgan fingerprint density at radius 3 is 2.76 bits per heavy atom. The number of likely N-dealkylation sites (N-methyl/N-ethyl adjacent to an activating group) is 1. The largest absolute Gasteiger partial charge is 0.480 e. The second-order valence-electron chi connectivity index (χ2n) is 3.19. The number of halogens is 1. The van der Waals surface area contributed by atoms with Gasteiger partial charge < -0.3 is 10.8 Å². The van der Waals surface area contributed by atoms with Gasteiger partial charge in [-0.1, -0.05) is 11.6 Å². The highest BCUT2D eigenvalue weighted by Gasteiger charge is 2.25. The highest BCUT2D eigenvalue weighted by molar-refractivity contribution is 7.89. The third kappa shape index (κ3) is 3.05. The lowest BCUT2D eigenvalue weighted by Gasteiger charge is -2.15. The molecule has 94 valence electrons. The predicted molar refractivity (Wildman–Crippen MR) is 61.1 cm³/mol. The van der Waals surface area contributed by atoms with Crippen LogP contribution in [0.3, 0.4) is 0 Å². The normalized spacial score (nSPS) is 11.7. The standard InChI is InChI=1S/C8H10ClN3O4S/c1-12(4-7(13)14)17(15,16)6-2-5(9)3-11-8(6)10/h2-3H,4H2,1H3,(H2,10,11)(H,13,14). The maximum Gasteiger partial charge on any atom is 0.318 e. The van der Waals surface area contributed by atoms with E-state index in [-0.39, 0.29) is 15.7 Å². The van der Waals surface area contributed by atoms with Gasteiger partial charge in [-0.3, -0.25) is 4.79 Å². The summed E-state index contributed by atoms with van der Waals surface area (Å²) < 4.78 is 24.5. The molecule has 7 nitrogen and oxygen atoms in total. The van der Waals surface area contributed by atoms with Crippen LogP contribution < -0.4 is 5.73 Å². The van der Waals surface area contributed by atoms with Crippen molar-refractivity contribution in [1.29, 1.82) is 0 Å². The number of carbonyl (C=O) groups is 1. The number of anilines is 1. The summed E-state index contributed by atoms with van der Waals surface area (Å²) in [5.41, 5.74) is 5.42. The molecule has 0 unspecified atom stereocenters. The monoisotopic (exact) mass is 279 g/mol. The number of nitrogens with two attached hydrogens (primary N) is 1. The van der Waals surface area contributed by atoms with Crippen molar-refractivity contribution in [3.8, 4) is 0 Å². The van der Waals surface area contributed by atoms with Crippen LogP contribution in [-0.4, -0.2) is 42.4 Å². The molecule has 1 aromatic heterocycles. The molecule has 1 heterocycles. The topological polar surface area (TPSA) is 114 Å². The van der Waals surface area contributed by atoms with Crippen LogP contribution in [0, 0.1) is 0 Å². The van der Waals surface area contributed by atoms with E-state index in [1.54, 1.807) is 0 Å². The molecule has 0 aliphatic rings. The maximum absolute atomic E-state index is 11.9. The molecule has 0 aromatic carbocycles. The van der Waals surface area contributed by atoms with E-state index in [1.165, 1.54) is 6.20 Å². The number of hydrogen-bond acceptors (Lipinski definition) is 5. The van der Waals surface area contributed by atoms with Crippen molar-refractivity contribution in [3.63, 3.8) is 0 Å². The number of hydrogen-bond donors (Lipinski definition) is 2. The first-order valence-corrected chi connectivity index (χ1v) is 6.16. The van der Waals surface area contributed by atoms with Crippen LogP contribution >= 0.6 is 11.6 Å². The fourth-order valence-electron chi connectivity index (χ4n) is 1.08. The molecule has 0 saturated heterocycles. The quantitative estimate of drug-likeness (QED) is 0.803. The lowest BCUT2D eigenvalue weighted by Crippen LogP contribution is -2.32. The van der Waals surface area contributed by atoms with Crippen LogP contribution in [0.4, 0.5) is 5.82 Å². The average molecular weight is 280 g/mol. The van der Waals surface area contributed by atoms with E-state index in [9.17, 15) is 13.2 Å². The summed E-state index contributed by atoms with van der Waals surface area (Å²) in [5, 5.41) is 8.64. The summed E-state index contributed by atoms with van der Waals surface area (Å²) >= 11 is 5.62. The van der Waals surface area contributed by atoms with Gasteiger partial charge in [-0.25, -0.2) is 13.4 Å². The summed E-state index contributed by atoms with van der Waals surface area (Å²) in [6.45, 7) is -0.672. The van der Waals surface area contributed by atoms with Crippen LogP contribution in [0.15, 0.2) is 17.2 Å². The van der Waals surface area contributed by atoms with Crippen LogP contribution in [0.25, 0.3) is 0 Å². The summed E-state index contributed by atoms with van der Waals surface area (Å²) in [7, 11) is -2.88. The molecule has 0 atom stereocenters. The molecule has 0 radical (unpaired) electrons. The van der Waals surface area contributed by atoms with E-state index < -0.39 is 22.5 Å². The number of rotatable bonds is 4. The van der Waals surface area contributed by atoms with Gasteiger partial charge >= 0.3 is 5.97 Å². The Kier molecular flexibility index (Phi) is 3.91. The molecule has 0 saturated carbocycles. The Hall–Kier alpha value is -1.38. The molecule has 0 spiro atoms. The van der Waals surface area contributed by atoms with Gasteiger partial charge in [0.2, 0.25) is 10.0 Å². The second-order valence-corrected chi connectivity index (χ2v) is 5.64. The molecule has 0 bridgehead atoms.